The van der Waals surface area contributed by atoms with Crippen LogP contribution in [0.15, 0.2) is 0 Å². The van der Waals surface area contributed by atoms with Crippen LogP contribution in [0.1, 0.15) is 138 Å². The number of hydrogen-bond acceptors (Lipinski definition) is 3. The molecule has 170 valence electrons. The van der Waals surface area contributed by atoms with Gasteiger partial charge in [-0.25, -0.2) is 0 Å². The van der Waals surface area contributed by atoms with Crippen molar-refractivity contribution < 1.29 is 13.6 Å². The molecule has 4 heteroatoms. The van der Waals surface area contributed by atoms with Gasteiger partial charge in [-0.15, -0.1) is 0 Å². The summed E-state index contributed by atoms with van der Waals surface area (Å²) in [4.78, 5) is 0. The van der Waals surface area contributed by atoms with Crippen LogP contribution in [-0.4, -0.2) is 18.3 Å². The minimum atomic E-state index is -1.25. The number of hydrogen-bond donors (Lipinski definition) is 0. The van der Waals surface area contributed by atoms with Crippen molar-refractivity contribution in [3.63, 3.8) is 0 Å². The summed E-state index contributed by atoms with van der Waals surface area (Å²) in [6, 6.07) is 0. The third kappa shape index (κ3) is 18.3. The van der Waals surface area contributed by atoms with Crippen LogP contribution in [0.25, 0.3) is 0 Å². The number of rotatable bonds is 21. The Hall–Kier alpha value is 0.310. The van der Waals surface area contributed by atoms with Gasteiger partial charge in [0, 0.05) is 0 Å². The SMILES string of the molecule is CCCCCCC(C)OP(OC(C)CCCCCC)OC(C)CCCCCC. The second kappa shape index (κ2) is 20.6. The quantitative estimate of drug-likeness (QED) is 0.137. The van der Waals surface area contributed by atoms with E-state index in [0.29, 0.717) is 0 Å². The topological polar surface area (TPSA) is 27.7 Å². The third-order valence-corrected chi connectivity index (χ3v) is 6.79. The molecule has 0 aromatic carbocycles. The molecule has 0 aliphatic heterocycles. The van der Waals surface area contributed by atoms with Crippen molar-refractivity contribution in [3.05, 3.63) is 0 Å². The van der Waals surface area contributed by atoms with Gasteiger partial charge in [0.05, 0.1) is 18.3 Å². The minimum Gasteiger partial charge on any atom is -0.309 e. The zero-order valence-electron chi connectivity index (χ0n) is 20.0. The molecular weight excluding hydrogens is 367 g/mol. The predicted molar refractivity (Wildman–Crippen MR) is 125 cm³/mol. The van der Waals surface area contributed by atoms with E-state index in [1.54, 1.807) is 0 Å². The molecule has 0 aliphatic rings. The first kappa shape index (κ1) is 28.3. The summed E-state index contributed by atoms with van der Waals surface area (Å²) >= 11 is 0. The second-order valence-electron chi connectivity index (χ2n) is 8.52. The largest absolute Gasteiger partial charge is 0.333 e. The van der Waals surface area contributed by atoms with Gasteiger partial charge in [-0.1, -0.05) is 97.8 Å². The van der Waals surface area contributed by atoms with E-state index < -0.39 is 8.60 Å². The average Bonchev–Trinajstić information content (AvgIpc) is 2.66. The molecule has 3 atom stereocenters. The van der Waals surface area contributed by atoms with Crippen LogP contribution in [-0.2, 0) is 13.6 Å². The lowest BCUT2D eigenvalue weighted by Crippen LogP contribution is -2.15. The van der Waals surface area contributed by atoms with Gasteiger partial charge in [-0.3, -0.25) is 0 Å². The fraction of sp³-hybridized carbons (Fsp3) is 1.00. The van der Waals surface area contributed by atoms with Gasteiger partial charge in [0.15, 0.2) is 0 Å². The number of unbranched alkanes of at least 4 members (excludes halogenated alkanes) is 9. The van der Waals surface area contributed by atoms with E-state index >= 15 is 0 Å². The fourth-order valence-corrected chi connectivity index (χ4v) is 4.60. The standard InChI is InChI=1S/C24H51O3P/c1-7-10-13-16-19-22(4)25-28(26-23(5)20-17-14-11-8-2)27-24(6)21-18-15-12-9-3/h22-24H,7-21H2,1-6H3. The van der Waals surface area contributed by atoms with E-state index in [1.807, 2.05) is 0 Å². The molecule has 3 unspecified atom stereocenters. The molecule has 0 rings (SSSR count). The zero-order chi connectivity index (χ0) is 21.0. The molecule has 0 spiro atoms. The summed E-state index contributed by atoms with van der Waals surface area (Å²) in [6.45, 7) is 13.3. The Morgan fingerprint density at radius 3 is 1.00 bits per heavy atom. The van der Waals surface area contributed by atoms with Gasteiger partial charge in [-0.05, 0) is 40.0 Å². The third-order valence-electron chi connectivity index (χ3n) is 5.19. The maximum Gasteiger partial charge on any atom is 0.333 e. The highest BCUT2D eigenvalue weighted by molar-refractivity contribution is 7.41. The Balaban J connectivity index is 4.38. The van der Waals surface area contributed by atoms with Crippen LogP contribution in [0.5, 0.6) is 0 Å². The molecule has 0 N–H and O–H groups in total. The highest BCUT2D eigenvalue weighted by atomic mass is 31.2. The molecule has 0 bridgehead atoms. The van der Waals surface area contributed by atoms with Gasteiger partial charge >= 0.3 is 8.60 Å². The van der Waals surface area contributed by atoms with Crippen molar-refractivity contribution in [1.29, 1.82) is 0 Å². The zero-order valence-corrected chi connectivity index (χ0v) is 20.9. The molecule has 0 saturated heterocycles. The summed E-state index contributed by atoms with van der Waals surface area (Å²) in [5.41, 5.74) is 0. The molecule has 0 aromatic heterocycles. The summed E-state index contributed by atoms with van der Waals surface area (Å²) < 4.78 is 18.7. The van der Waals surface area contributed by atoms with E-state index in [9.17, 15) is 0 Å². The Morgan fingerprint density at radius 2 is 0.750 bits per heavy atom. The van der Waals surface area contributed by atoms with Crippen molar-refractivity contribution >= 4 is 8.60 Å². The van der Waals surface area contributed by atoms with Crippen LogP contribution >= 0.6 is 8.60 Å². The van der Waals surface area contributed by atoms with E-state index in [4.69, 9.17) is 13.6 Å². The maximum absolute atomic E-state index is 6.25. The van der Waals surface area contributed by atoms with Crippen molar-refractivity contribution in [2.45, 2.75) is 156 Å². The highest BCUT2D eigenvalue weighted by Gasteiger charge is 2.22. The first-order chi connectivity index (χ1) is 13.5. The minimum absolute atomic E-state index is 0.211. The molecule has 0 radical (unpaired) electrons. The summed E-state index contributed by atoms with van der Waals surface area (Å²) in [5.74, 6) is 0. The predicted octanol–water partition coefficient (Wildman–Crippen LogP) is 9.34. The van der Waals surface area contributed by atoms with Crippen molar-refractivity contribution in [1.82, 2.24) is 0 Å². The molecule has 0 amide bonds. The van der Waals surface area contributed by atoms with E-state index in [-0.39, 0.29) is 18.3 Å². The Labute approximate surface area is 178 Å². The van der Waals surface area contributed by atoms with Crippen LogP contribution in [0, 0.1) is 0 Å². The monoisotopic (exact) mass is 418 g/mol. The van der Waals surface area contributed by atoms with E-state index in [2.05, 4.69) is 41.5 Å². The highest BCUT2D eigenvalue weighted by Crippen LogP contribution is 2.45. The maximum atomic E-state index is 6.25. The molecule has 0 fully saturated rings. The molecule has 0 saturated carbocycles. The lowest BCUT2D eigenvalue weighted by molar-refractivity contribution is 0.0703. The van der Waals surface area contributed by atoms with E-state index in [0.717, 1.165) is 19.3 Å². The van der Waals surface area contributed by atoms with E-state index in [1.165, 1.54) is 77.0 Å². The molecule has 0 aliphatic carbocycles. The lowest BCUT2D eigenvalue weighted by Gasteiger charge is -2.26. The van der Waals surface area contributed by atoms with Gasteiger partial charge in [-0.2, -0.15) is 0 Å². The van der Waals surface area contributed by atoms with Crippen LogP contribution in [0.3, 0.4) is 0 Å². The molecule has 0 aromatic rings. The summed E-state index contributed by atoms with van der Waals surface area (Å²) in [6.07, 6.45) is 19.3. The first-order valence-electron chi connectivity index (χ1n) is 12.3. The van der Waals surface area contributed by atoms with Gasteiger partial charge in [0.25, 0.3) is 0 Å². The molecular formula is C24H51O3P. The van der Waals surface area contributed by atoms with Crippen LogP contribution in [0.2, 0.25) is 0 Å². The Bertz CT molecular complexity index is 267. The van der Waals surface area contributed by atoms with Crippen LogP contribution < -0.4 is 0 Å². The normalized spacial score (nSPS) is 16.1. The lowest BCUT2D eigenvalue weighted by atomic mass is 10.1. The molecule has 28 heavy (non-hydrogen) atoms. The van der Waals surface area contributed by atoms with Crippen molar-refractivity contribution in [3.8, 4) is 0 Å². The smallest absolute Gasteiger partial charge is 0.309 e. The summed E-state index contributed by atoms with van der Waals surface area (Å²) in [5, 5.41) is 0. The van der Waals surface area contributed by atoms with Gasteiger partial charge in [0.1, 0.15) is 0 Å². The molecule has 3 nitrogen and oxygen atoms in total. The Kier molecular flexibility index (Phi) is 20.8. The fourth-order valence-electron chi connectivity index (χ4n) is 3.25. The van der Waals surface area contributed by atoms with Gasteiger partial charge < -0.3 is 13.6 Å². The average molecular weight is 419 g/mol. The van der Waals surface area contributed by atoms with Crippen molar-refractivity contribution in [2.75, 3.05) is 0 Å². The van der Waals surface area contributed by atoms with Gasteiger partial charge in [0.2, 0.25) is 0 Å². The van der Waals surface area contributed by atoms with Crippen molar-refractivity contribution in [2.24, 2.45) is 0 Å². The summed E-state index contributed by atoms with van der Waals surface area (Å²) in [7, 11) is -1.25. The Morgan fingerprint density at radius 1 is 0.464 bits per heavy atom. The van der Waals surface area contributed by atoms with Crippen LogP contribution in [0.4, 0.5) is 0 Å². The molecule has 0 heterocycles. The first-order valence-corrected chi connectivity index (χ1v) is 13.4. The second-order valence-corrected chi connectivity index (χ2v) is 9.60.